The first-order chi connectivity index (χ1) is 15.9. The van der Waals surface area contributed by atoms with Gasteiger partial charge in [0.05, 0.1) is 19.7 Å². The van der Waals surface area contributed by atoms with E-state index in [9.17, 15) is 19.8 Å². The number of phenolic OH excluding ortho intramolecular Hbond substituents is 1. The molecule has 0 saturated carbocycles. The summed E-state index contributed by atoms with van der Waals surface area (Å²) in [5.41, 5.74) is 2.32. The van der Waals surface area contributed by atoms with E-state index in [1.165, 1.54) is 0 Å². The highest BCUT2D eigenvalue weighted by Crippen LogP contribution is 2.47. The normalized spacial score (nSPS) is 22.5. The van der Waals surface area contributed by atoms with Crippen LogP contribution in [0.4, 0.5) is 0 Å². The smallest absolute Gasteiger partial charge is 0.249 e. The Labute approximate surface area is 191 Å². The van der Waals surface area contributed by atoms with Crippen molar-refractivity contribution >= 4 is 22.7 Å². The van der Waals surface area contributed by atoms with Crippen LogP contribution in [0.3, 0.4) is 0 Å². The van der Waals surface area contributed by atoms with E-state index >= 15 is 0 Å². The second-order valence-electron chi connectivity index (χ2n) is 8.94. The SMILES string of the molecule is COc1ccc2[nH]c3c(c2c1)C[C@@]1(C)C(=O)N(CCCO)CC(=O)N1[C@@H]3c1cccc(O)c1. The van der Waals surface area contributed by atoms with Crippen molar-refractivity contribution in [1.82, 2.24) is 14.8 Å². The van der Waals surface area contributed by atoms with E-state index in [1.807, 2.05) is 31.2 Å². The van der Waals surface area contributed by atoms with Crippen molar-refractivity contribution in [2.24, 2.45) is 0 Å². The van der Waals surface area contributed by atoms with Crippen LogP contribution in [0.25, 0.3) is 10.9 Å². The van der Waals surface area contributed by atoms with Crippen LogP contribution in [-0.4, -0.2) is 69.2 Å². The minimum Gasteiger partial charge on any atom is -0.508 e. The molecule has 2 aliphatic heterocycles. The molecule has 2 atom stereocenters. The molecule has 3 heterocycles. The Bertz CT molecular complexity index is 1250. The van der Waals surface area contributed by atoms with Crippen LogP contribution < -0.4 is 4.74 Å². The van der Waals surface area contributed by atoms with Crippen LogP contribution in [0.2, 0.25) is 0 Å². The molecule has 3 N–H and O–H groups in total. The molecular formula is C25H27N3O5. The Morgan fingerprint density at radius 1 is 1.21 bits per heavy atom. The zero-order chi connectivity index (χ0) is 23.3. The Hall–Kier alpha value is -3.52. The van der Waals surface area contributed by atoms with Gasteiger partial charge in [-0.2, -0.15) is 0 Å². The Morgan fingerprint density at radius 2 is 2.03 bits per heavy atom. The summed E-state index contributed by atoms with van der Waals surface area (Å²) in [4.78, 5) is 34.0. The number of amides is 2. The molecule has 0 radical (unpaired) electrons. The topological polar surface area (TPSA) is 106 Å². The third-order valence-electron chi connectivity index (χ3n) is 6.85. The zero-order valence-electron chi connectivity index (χ0n) is 18.7. The van der Waals surface area contributed by atoms with Gasteiger partial charge < -0.3 is 29.7 Å². The Morgan fingerprint density at radius 3 is 2.76 bits per heavy atom. The molecule has 0 spiro atoms. The van der Waals surface area contributed by atoms with Crippen molar-refractivity contribution in [2.75, 3.05) is 26.8 Å². The van der Waals surface area contributed by atoms with Crippen LogP contribution in [-0.2, 0) is 16.0 Å². The Balaban J connectivity index is 1.73. The highest BCUT2D eigenvalue weighted by Gasteiger charge is 2.55. The van der Waals surface area contributed by atoms with Crippen LogP contribution in [0.15, 0.2) is 42.5 Å². The minimum atomic E-state index is -1.11. The van der Waals surface area contributed by atoms with E-state index < -0.39 is 11.6 Å². The maximum atomic E-state index is 13.7. The number of H-pyrrole nitrogens is 1. The summed E-state index contributed by atoms with van der Waals surface area (Å²) < 4.78 is 5.43. The van der Waals surface area contributed by atoms with E-state index in [4.69, 9.17) is 4.74 Å². The summed E-state index contributed by atoms with van der Waals surface area (Å²) in [6.07, 6.45) is 0.769. The fourth-order valence-corrected chi connectivity index (χ4v) is 5.34. The first-order valence-corrected chi connectivity index (χ1v) is 11.1. The van der Waals surface area contributed by atoms with Crippen LogP contribution in [0, 0.1) is 0 Å². The number of carbonyl (C=O) groups is 2. The number of benzene rings is 2. The number of carbonyl (C=O) groups excluding carboxylic acids is 2. The molecule has 0 bridgehead atoms. The number of fused-ring (bicyclic) bond motifs is 4. The van der Waals surface area contributed by atoms with E-state index in [-0.39, 0.29) is 30.7 Å². The molecule has 8 nitrogen and oxygen atoms in total. The summed E-state index contributed by atoms with van der Waals surface area (Å²) in [6, 6.07) is 12.0. The van der Waals surface area contributed by atoms with Gasteiger partial charge in [-0.1, -0.05) is 12.1 Å². The highest BCUT2D eigenvalue weighted by atomic mass is 16.5. The van der Waals surface area contributed by atoms with Gasteiger partial charge in [0.25, 0.3) is 0 Å². The summed E-state index contributed by atoms with van der Waals surface area (Å²) >= 11 is 0. The lowest BCUT2D eigenvalue weighted by Crippen LogP contribution is -2.69. The number of nitrogens with one attached hydrogen (secondary N) is 1. The summed E-state index contributed by atoms with van der Waals surface area (Å²) in [7, 11) is 1.61. The van der Waals surface area contributed by atoms with Gasteiger partial charge >= 0.3 is 0 Å². The summed E-state index contributed by atoms with van der Waals surface area (Å²) in [6.45, 7) is 2.07. The predicted octanol–water partition coefficient (Wildman–Crippen LogP) is 2.34. The highest BCUT2D eigenvalue weighted by molar-refractivity contribution is 6.00. The van der Waals surface area contributed by atoms with Crippen molar-refractivity contribution in [3.63, 3.8) is 0 Å². The van der Waals surface area contributed by atoms with Crippen molar-refractivity contribution in [3.8, 4) is 11.5 Å². The van der Waals surface area contributed by atoms with Crippen molar-refractivity contribution in [2.45, 2.75) is 31.3 Å². The molecule has 1 aromatic heterocycles. The monoisotopic (exact) mass is 449 g/mol. The maximum Gasteiger partial charge on any atom is 0.249 e. The number of hydrogen-bond acceptors (Lipinski definition) is 5. The van der Waals surface area contributed by atoms with Crippen molar-refractivity contribution < 1.29 is 24.5 Å². The van der Waals surface area contributed by atoms with Crippen LogP contribution in [0.1, 0.15) is 36.2 Å². The summed E-state index contributed by atoms with van der Waals surface area (Å²) in [5, 5.41) is 20.4. The Kier molecular flexibility index (Phi) is 5.05. The van der Waals surface area contributed by atoms with Gasteiger partial charge in [-0.15, -0.1) is 0 Å². The lowest BCUT2D eigenvalue weighted by atomic mass is 9.78. The molecular weight excluding hydrogens is 422 g/mol. The molecule has 33 heavy (non-hydrogen) atoms. The van der Waals surface area contributed by atoms with Crippen molar-refractivity contribution in [1.29, 1.82) is 0 Å². The average molecular weight is 450 g/mol. The molecule has 172 valence electrons. The lowest BCUT2D eigenvalue weighted by Gasteiger charge is -2.53. The number of aliphatic hydroxyl groups excluding tert-OH is 1. The molecule has 5 rings (SSSR count). The average Bonchev–Trinajstić information content (AvgIpc) is 3.16. The number of phenols is 1. The second-order valence-corrected chi connectivity index (χ2v) is 8.94. The van der Waals surface area contributed by atoms with E-state index in [0.29, 0.717) is 25.1 Å². The summed E-state index contributed by atoms with van der Waals surface area (Å²) in [5.74, 6) is 0.509. The molecule has 0 unspecified atom stereocenters. The standard InChI is InChI=1S/C25H27N3O5/c1-25-13-19-18-12-17(33-2)7-8-20(18)26-22(19)23(15-5-3-6-16(30)11-15)28(25)21(31)14-27(24(25)32)9-4-10-29/h3,5-8,11-12,23,26,29-30H,4,9-10,13-14H2,1-2H3/t23-,25+/m1/s1. The molecule has 1 saturated heterocycles. The van der Waals surface area contributed by atoms with Gasteiger partial charge in [0.1, 0.15) is 17.0 Å². The minimum absolute atomic E-state index is 0.0346. The fourth-order valence-electron chi connectivity index (χ4n) is 5.34. The van der Waals surface area contributed by atoms with Gasteiger partial charge in [-0.3, -0.25) is 9.59 Å². The van der Waals surface area contributed by atoms with Gasteiger partial charge in [-0.25, -0.2) is 0 Å². The number of aliphatic hydroxyl groups is 1. The number of hydrogen-bond donors (Lipinski definition) is 3. The predicted molar refractivity (Wildman–Crippen MR) is 122 cm³/mol. The number of methoxy groups -OCH3 is 1. The quantitative estimate of drug-likeness (QED) is 0.554. The zero-order valence-corrected chi connectivity index (χ0v) is 18.7. The number of ether oxygens (including phenoxy) is 1. The third kappa shape index (κ3) is 3.24. The van der Waals surface area contributed by atoms with Gasteiger partial charge in [0.2, 0.25) is 11.8 Å². The van der Waals surface area contributed by atoms with E-state index in [2.05, 4.69) is 4.98 Å². The first-order valence-electron chi connectivity index (χ1n) is 11.1. The van der Waals surface area contributed by atoms with E-state index in [0.717, 1.165) is 27.7 Å². The van der Waals surface area contributed by atoms with Crippen molar-refractivity contribution in [3.05, 3.63) is 59.3 Å². The van der Waals surface area contributed by atoms with Gasteiger partial charge in [-0.05, 0) is 54.8 Å². The molecule has 1 fully saturated rings. The molecule has 8 heteroatoms. The van der Waals surface area contributed by atoms with E-state index in [1.54, 1.807) is 35.1 Å². The number of aromatic amines is 1. The molecule has 2 aromatic carbocycles. The van der Waals surface area contributed by atoms with Gasteiger partial charge in [0.15, 0.2) is 0 Å². The fraction of sp³-hybridized carbons (Fsp3) is 0.360. The number of aromatic nitrogens is 1. The second kappa shape index (κ2) is 7.81. The molecule has 2 aliphatic rings. The van der Waals surface area contributed by atoms with Crippen LogP contribution >= 0.6 is 0 Å². The van der Waals surface area contributed by atoms with Crippen LogP contribution in [0.5, 0.6) is 11.5 Å². The number of aromatic hydroxyl groups is 1. The number of piperazine rings is 1. The molecule has 2 amide bonds. The number of nitrogens with zero attached hydrogens (tertiary/aromatic N) is 2. The largest absolute Gasteiger partial charge is 0.508 e. The number of rotatable bonds is 5. The third-order valence-corrected chi connectivity index (χ3v) is 6.85. The first kappa shape index (κ1) is 21.3. The molecule has 3 aromatic rings. The molecule has 0 aliphatic carbocycles. The lowest BCUT2D eigenvalue weighted by molar-refractivity contribution is -0.167. The van der Waals surface area contributed by atoms with Gasteiger partial charge in [0, 0.05) is 36.2 Å². The maximum absolute atomic E-state index is 13.7.